The van der Waals surface area contributed by atoms with Crippen LogP contribution in [0, 0.1) is 0 Å². The number of benzene rings is 1. The number of hydrogen-bond acceptors (Lipinski definition) is 4. The lowest BCUT2D eigenvalue weighted by Gasteiger charge is -2.26. The van der Waals surface area contributed by atoms with Crippen LogP contribution in [0.1, 0.15) is 18.9 Å². The Labute approximate surface area is 136 Å². The molecule has 0 aliphatic carbocycles. The maximum atomic E-state index is 5.86. The van der Waals surface area contributed by atoms with Gasteiger partial charge in [0, 0.05) is 44.4 Å². The Morgan fingerprint density at radius 3 is 2.48 bits per heavy atom. The number of rotatable bonds is 10. The predicted octanol–water partition coefficient (Wildman–Crippen LogP) is 2.83. The van der Waals surface area contributed by atoms with E-state index < -0.39 is 0 Å². The fraction of sp³-hybridized carbons (Fsp3) is 0.625. The van der Waals surface area contributed by atoms with Crippen molar-refractivity contribution in [3.63, 3.8) is 0 Å². The van der Waals surface area contributed by atoms with Crippen molar-refractivity contribution >= 4 is 21.6 Å². The molecule has 0 spiro atoms. The van der Waals surface area contributed by atoms with Crippen LogP contribution in [0.15, 0.2) is 22.7 Å². The summed E-state index contributed by atoms with van der Waals surface area (Å²) in [5, 5.41) is 0. The zero-order valence-electron chi connectivity index (χ0n) is 13.3. The highest BCUT2D eigenvalue weighted by Crippen LogP contribution is 2.28. The molecule has 1 unspecified atom stereocenters. The van der Waals surface area contributed by atoms with Gasteiger partial charge in [0.25, 0.3) is 0 Å². The number of methoxy groups -OCH3 is 2. The van der Waals surface area contributed by atoms with E-state index in [1.165, 1.54) is 11.3 Å². The molecule has 0 saturated heterocycles. The molecule has 0 fully saturated rings. The van der Waals surface area contributed by atoms with E-state index in [9.17, 15) is 0 Å². The number of ether oxygens (including phenoxy) is 2. The highest BCUT2D eigenvalue weighted by molar-refractivity contribution is 9.10. The van der Waals surface area contributed by atoms with Crippen molar-refractivity contribution in [3.8, 4) is 0 Å². The summed E-state index contributed by atoms with van der Waals surface area (Å²) in [5.41, 5.74) is 8.31. The van der Waals surface area contributed by atoms with E-state index >= 15 is 0 Å². The van der Waals surface area contributed by atoms with Gasteiger partial charge >= 0.3 is 0 Å². The topological polar surface area (TPSA) is 47.7 Å². The Hall–Kier alpha value is -0.620. The van der Waals surface area contributed by atoms with Gasteiger partial charge < -0.3 is 20.1 Å². The lowest BCUT2D eigenvalue weighted by molar-refractivity contribution is 0.191. The molecule has 21 heavy (non-hydrogen) atoms. The van der Waals surface area contributed by atoms with Crippen molar-refractivity contribution in [1.82, 2.24) is 0 Å². The molecular formula is C16H27BrN2O2. The summed E-state index contributed by atoms with van der Waals surface area (Å²) < 4.78 is 11.5. The predicted molar refractivity (Wildman–Crippen MR) is 92.1 cm³/mol. The first-order chi connectivity index (χ1) is 10.1. The Morgan fingerprint density at radius 1 is 1.19 bits per heavy atom. The summed E-state index contributed by atoms with van der Waals surface area (Å²) in [5.74, 6) is 0. The fourth-order valence-electron chi connectivity index (χ4n) is 2.26. The van der Waals surface area contributed by atoms with E-state index in [1.807, 2.05) is 6.92 Å². The standard InChI is InChI=1S/C16H27BrN2O2/c1-13(18)11-14-5-6-16(15(17)12-14)19(8-10-21-3)7-4-9-20-2/h5-6,12-13H,4,7-11,18H2,1-3H3. The van der Waals surface area contributed by atoms with Gasteiger partial charge in [-0.15, -0.1) is 0 Å². The first-order valence-corrected chi connectivity index (χ1v) is 8.14. The van der Waals surface area contributed by atoms with Gasteiger partial charge in [0.05, 0.1) is 12.3 Å². The van der Waals surface area contributed by atoms with E-state index in [0.29, 0.717) is 6.61 Å². The monoisotopic (exact) mass is 358 g/mol. The van der Waals surface area contributed by atoms with E-state index in [2.05, 4.69) is 39.0 Å². The van der Waals surface area contributed by atoms with Crippen LogP contribution in [0.2, 0.25) is 0 Å². The van der Waals surface area contributed by atoms with Crippen LogP contribution in [0.5, 0.6) is 0 Å². The Balaban J connectivity index is 2.79. The normalized spacial score (nSPS) is 12.4. The molecular weight excluding hydrogens is 332 g/mol. The van der Waals surface area contributed by atoms with Crippen LogP contribution >= 0.6 is 15.9 Å². The van der Waals surface area contributed by atoms with Gasteiger partial charge in [-0.25, -0.2) is 0 Å². The maximum absolute atomic E-state index is 5.86. The van der Waals surface area contributed by atoms with Crippen molar-refractivity contribution in [1.29, 1.82) is 0 Å². The number of nitrogens with zero attached hydrogens (tertiary/aromatic N) is 1. The quantitative estimate of drug-likeness (QED) is 0.653. The number of hydrogen-bond donors (Lipinski definition) is 1. The maximum Gasteiger partial charge on any atom is 0.0637 e. The van der Waals surface area contributed by atoms with Crippen LogP contribution in [0.25, 0.3) is 0 Å². The van der Waals surface area contributed by atoms with Crippen LogP contribution in [-0.2, 0) is 15.9 Å². The van der Waals surface area contributed by atoms with Crippen LogP contribution in [0.3, 0.4) is 0 Å². The zero-order chi connectivity index (χ0) is 15.7. The Bertz CT molecular complexity index is 413. The van der Waals surface area contributed by atoms with E-state index in [4.69, 9.17) is 15.2 Å². The van der Waals surface area contributed by atoms with Gasteiger partial charge in [0.1, 0.15) is 0 Å². The van der Waals surface area contributed by atoms with Crippen molar-refractivity contribution in [2.75, 3.05) is 45.4 Å². The second-order valence-corrected chi connectivity index (χ2v) is 6.15. The van der Waals surface area contributed by atoms with Gasteiger partial charge in [0.2, 0.25) is 0 Å². The Kier molecular flexibility index (Phi) is 8.92. The van der Waals surface area contributed by atoms with Crippen molar-refractivity contribution in [2.45, 2.75) is 25.8 Å². The first-order valence-electron chi connectivity index (χ1n) is 7.35. The summed E-state index contributed by atoms with van der Waals surface area (Å²) in [6.45, 7) is 5.32. The lowest BCUT2D eigenvalue weighted by atomic mass is 10.1. The molecule has 1 rings (SSSR count). The Morgan fingerprint density at radius 2 is 1.90 bits per heavy atom. The zero-order valence-corrected chi connectivity index (χ0v) is 14.9. The fourth-order valence-corrected chi connectivity index (χ4v) is 2.94. The summed E-state index contributed by atoms with van der Waals surface area (Å²) in [7, 11) is 3.46. The summed E-state index contributed by atoms with van der Waals surface area (Å²) in [6, 6.07) is 6.65. The molecule has 2 N–H and O–H groups in total. The minimum absolute atomic E-state index is 0.175. The molecule has 120 valence electrons. The third-order valence-corrected chi connectivity index (χ3v) is 3.89. The van der Waals surface area contributed by atoms with Crippen molar-refractivity contribution < 1.29 is 9.47 Å². The molecule has 1 aromatic rings. The lowest BCUT2D eigenvalue weighted by Crippen LogP contribution is -2.29. The molecule has 0 aliphatic rings. The van der Waals surface area contributed by atoms with Crippen LogP contribution < -0.4 is 10.6 Å². The molecule has 4 nitrogen and oxygen atoms in total. The third-order valence-electron chi connectivity index (χ3n) is 3.25. The molecule has 5 heteroatoms. The third kappa shape index (κ3) is 6.78. The largest absolute Gasteiger partial charge is 0.385 e. The summed E-state index contributed by atoms with van der Waals surface area (Å²) >= 11 is 3.68. The van der Waals surface area contributed by atoms with Gasteiger partial charge in [-0.1, -0.05) is 6.07 Å². The molecule has 0 saturated carbocycles. The van der Waals surface area contributed by atoms with Crippen LogP contribution in [0.4, 0.5) is 5.69 Å². The van der Waals surface area contributed by atoms with E-state index in [-0.39, 0.29) is 6.04 Å². The van der Waals surface area contributed by atoms with Gasteiger partial charge in [0.15, 0.2) is 0 Å². The average molecular weight is 359 g/mol. The van der Waals surface area contributed by atoms with Gasteiger partial charge in [-0.3, -0.25) is 0 Å². The molecule has 1 aromatic carbocycles. The van der Waals surface area contributed by atoms with Crippen LogP contribution in [-0.4, -0.2) is 46.6 Å². The van der Waals surface area contributed by atoms with Crippen molar-refractivity contribution in [3.05, 3.63) is 28.2 Å². The van der Waals surface area contributed by atoms with E-state index in [0.717, 1.165) is 37.0 Å². The minimum Gasteiger partial charge on any atom is -0.385 e. The molecule has 0 amide bonds. The molecule has 0 bridgehead atoms. The second kappa shape index (κ2) is 10.2. The summed E-state index contributed by atoms with van der Waals surface area (Å²) in [6.07, 6.45) is 1.88. The minimum atomic E-state index is 0.175. The van der Waals surface area contributed by atoms with Gasteiger partial charge in [-0.2, -0.15) is 0 Å². The molecule has 0 radical (unpaired) electrons. The number of halogens is 1. The number of nitrogens with two attached hydrogens (primary N) is 1. The van der Waals surface area contributed by atoms with Gasteiger partial charge in [-0.05, 0) is 53.4 Å². The molecule has 0 aromatic heterocycles. The first kappa shape index (κ1) is 18.4. The molecule has 0 heterocycles. The second-order valence-electron chi connectivity index (χ2n) is 5.29. The SMILES string of the molecule is COCCCN(CCOC)c1ccc(CC(C)N)cc1Br. The molecule has 0 aliphatic heterocycles. The highest BCUT2D eigenvalue weighted by Gasteiger charge is 2.11. The highest BCUT2D eigenvalue weighted by atomic mass is 79.9. The van der Waals surface area contributed by atoms with Crippen molar-refractivity contribution in [2.24, 2.45) is 5.73 Å². The van der Waals surface area contributed by atoms with E-state index in [1.54, 1.807) is 14.2 Å². The molecule has 1 atom stereocenters. The number of anilines is 1. The smallest absolute Gasteiger partial charge is 0.0637 e. The summed E-state index contributed by atoms with van der Waals surface area (Å²) in [4.78, 5) is 2.32. The average Bonchev–Trinajstić information content (AvgIpc) is 2.43.